The largest absolute Gasteiger partial charge is 0.428 e. The highest BCUT2D eigenvalue weighted by Crippen LogP contribution is 2.48. The molecule has 0 saturated heterocycles. The van der Waals surface area contributed by atoms with Crippen molar-refractivity contribution in [3.05, 3.63) is 0 Å². The average molecular weight is 252 g/mol. The van der Waals surface area contributed by atoms with Gasteiger partial charge < -0.3 is 5.11 Å². The van der Waals surface area contributed by atoms with Gasteiger partial charge in [-0.2, -0.15) is 13.2 Å². The van der Waals surface area contributed by atoms with E-state index in [0.29, 0.717) is 0 Å². The predicted octanol–water partition coefficient (Wildman–Crippen LogP) is 3.32. The first-order valence-corrected chi connectivity index (χ1v) is 4.72. The Morgan fingerprint density at radius 1 is 1.00 bits per heavy atom. The monoisotopic (exact) mass is 252 g/mol. The number of hydrogen-bond donors (Lipinski definition) is 1. The Kier molecular flexibility index (Phi) is 4.67. The van der Waals surface area contributed by atoms with Crippen molar-refractivity contribution in [2.75, 3.05) is 6.61 Å². The molecule has 0 radical (unpaired) electrons. The maximum absolute atomic E-state index is 13.4. The Balaban J connectivity index is 5.06. The van der Waals surface area contributed by atoms with Gasteiger partial charge in [-0.1, -0.05) is 13.8 Å². The maximum Gasteiger partial charge on any atom is 0.428 e. The predicted molar refractivity (Wildman–Crippen MR) is 46.0 cm³/mol. The summed E-state index contributed by atoms with van der Waals surface area (Å²) in [6.45, 7) is 0.822. The van der Waals surface area contributed by atoms with Gasteiger partial charge in [0.1, 0.15) is 6.61 Å². The minimum Gasteiger partial charge on any atom is -0.390 e. The van der Waals surface area contributed by atoms with Gasteiger partial charge in [0.25, 0.3) is 5.67 Å². The zero-order valence-corrected chi connectivity index (χ0v) is 8.91. The number of aliphatic hydroxyl groups excluding tert-OH is 1. The van der Waals surface area contributed by atoms with Crippen molar-refractivity contribution in [3.8, 4) is 0 Å². The molecule has 0 aromatic carbocycles. The second-order valence-electron chi connectivity index (χ2n) is 4.09. The first-order chi connectivity index (χ1) is 6.98. The van der Waals surface area contributed by atoms with Crippen LogP contribution in [0.3, 0.4) is 0 Å². The Bertz CT molecular complexity index is 225. The molecule has 1 unspecified atom stereocenters. The van der Waals surface area contributed by atoms with Crippen LogP contribution in [0.15, 0.2) is 0 Å². The van der Waals surface area contributed by atoms with Gasteiger partial charge in [-0.3, -0.25) is 0 Å². The molecule has 1 atom stereocenters. The molecule has 0 aromatic heterocycles. The second-order valence-corrected chi connectivity index (χ2v) is 4.09. The molecule has 98 valence electrons. The molecule has 0 amide bonds. The molecule has 1 nitrogen and oxygen atoms in total. The molecular formula is C9H14F6O. The van der Waals surface area contributed by atoms with Crippen LogP contribution in [0.5, 0.6) is 0 Å². The van der Waals surface area contributed by atoms with Gasteiger partial charge >= 0.3 is 12.1 Å². The van der Waals surface area contributed by atoms with Gasteiger partial charge in [-0.25, -0.2) is 13.2 Å². The van der Waals surface area contributed by atoms with Crippen LogP contribution in [0.1, 0.15) is 26.7 Å². The van der Waals surface area contributed by atoms with E-state index in [1.807, 2.05) is 0 Å². The van der Waals surface area contributed by atoms with Gasteiger partial charge in [0.05, 0.1) is 0 Å². The lowest BCUT2D eigenvalue weighted by atomic mass is 9.89. The Morgan fingerprint density at radius 3 is 1.69 bits per heavy atom. The van der Waals surface area contributed by atoms with Crippen LogP contribution in [-0.4, -0.2) is 29.5 Å². The van der Waals surface area contributed by atoms with Crippen molar-refractivity contribution in [3.63, 3.8) is 0 Å². The number of halogens is 6. The molecule has 7 heteroatoms. The van der Waals surface area contributed by atoms with Crippen LogP contribution in [0.25, 0.3) is 0 Å². The topological polar surface area (TPSA) is 20.2 Å². The van der Waals surface area contributed by atoms with Gasteiger partial charge in [0.15, 0.2) is 0 Å². The van der Waals surface area contributed by atoms with Crippen molar-refractivity contribution >= 4 is 0 Å². The molecule has 0 rings (SSSR count). The van der Waals surface area contributed by atoms with Crippen LogP contribution < -0.4 is 0 Å². The van der Waals surface area contributed by atoms with Crippen molar-refractivity contribution < 1.29 is 31.4 Å². The van der Waals surface area contributed by atoms with E-state index < -0.39 is 30.8 Å². The molecule has 0 heterocycles. The van der Waals surface area contributed by atoms with E-state index in [-0.39, 0.29) is 12.3 Å². The molecule has 0 aliphatic rings. The highest BCUT2D eigenvalue weighted by molar-refractivity contribution is 4.99. The average Bonchev–Trinajstić information content (AvgIpc) is 2.11. The molecule has 1 N–H and O–H groups in total. The van der Waals surface area contributed by atoms with E-state index >= 15 is 0 Å². The van der Waals surface area contributed by atoms with Crippen LogP contribution >= 0.6 is 0 Å². The molecule has 0 bridgehead atoms. The van der Waals surface area contributed by atoms with Crippen LogP contribution in [0.2, 0.25) is 0 Å². The summed E-state index contributed by atoms with van der Waals surface area (Å²) in [7, 11) is 0. The van der Waals surface area contributed by atoms with E-state index in [0.717, 1.165) is 0 Å². The smallest absolute Gasteiger partial charge is 0.390 e. The molecule has 0 saturated carbocycles. The van der Waals surface area contributed by atoms with Crippen molar-refractivity contribution in [2.45, 2.75) is 44.5 Å². The summed E-state index contributed by atoms with van der Waals surface area (Å²) in [5, 5.41) is 8.17. The summed E-state index contributed by atoms with van der Waals surface area (Å²) in [4.78, 5) is 0. The number of hydrogen-bond acceptors (Lipinski definition) is 1. The van der Waals surface area contributed by atoms with Crippen molar-refractivity contribution in [1.82, 2.24) is 0 Å². The molecule has 0 aromatic rings. The quantitative estimate of drug-likeness (QED) is 0.744. The van der Waals surface area contributed by atoms with E-state index in [2.05, 4.69) is 0 Å². The lowest BCUT2D eigenvalue weighted by Gasteiger charge is -2.34. The second kappa shape index (κ2) is 4.81. The summed E-state index contributed by atoms with van der Waals surface area (Å²) >= 11 is 0. The van der Waals surface area contributed by atoms with Crippen LogP contribution in [0, 0.1) is 5.92 Å². The first-order valence-electron chi connectivity index (χ1n) is 4.72. The molecule has 0 fully saturated rings. The van der Waals surface area contributed by atoms with E-state index in [1.165, 1.54) is 13.8 Å². The van der Waals surface area contributed by atoms with Crippen molar-refractivity contribution in [1.29, 1.82) is 0 Å². The third-order valence-electron chi connectivity index (χ3n) is 2.29. The van der Waals surface area contributed by atoms with Crippen LogP contribution in [-0.2, 0) is 0 Å². The maximum atomic E-state index is 13.4. The lowest BCUT2D eigenvalue weighted by molar-refractivity contribution is -0.311. The minimum atomic E-state index is -5.70. The van der Waals surface area contributed by atoms with Crippen molar-refractivity contribution in [2.24, 2.45) is 5.92 Å². The van der Waals surface area contributed by atoms with E-state index in [1.54, 1.807) is 0 Å². The summed E-state index contributed by atoms with van der Waals surface area (Å²) in [6, 6.07) is 0. The highest BCUT2D eigenvalue weighted by atomic mass is 19.4. The third-order valence-corrected chi connectivity index (χ3v) is 2.29. The number of rotatable bonds is 5. The standard InChI is InChI=1S/C9H14F6O/c1-6(2)3-4-7(10,9(13,14)15)8(11,12)5-16/h6,16H,3-5H2,1-2H3. The van der Waals surface area contributed by atoms with Gasteiger partial charge in [0, 0.05) is 0 Å². The normalized spacial score (nSPS) is 17.6. The minimum absolute atomic E-state index is 0.341. The molecule has 0 spiro atoms. The van der Waals surface area contributed by atoms with Gasteiger partial charge in [-0.15, -0.1) is 0 Å². The third kappa shape index (κ3) is 3.02. The zero-order chi connectivity index (χ0) is 13.2. The molecule has 0 aliphatic carbocycles. The zero-order valence-electron chi connectivity index (χ0n) is 8.91. The van der Waals surface area contributed by atoms with Gasteiger partial charge in [-0.05, 0) is 18.8 Å². The summed E-state index contributed by atoms with van der Waals surface area (Å²) < 4.78 is 75.8. The summed E-state index contributed by atoms with van der Waals surface area (Å²) in [6.07, 6.45) is -7.40. The van der Waals surface area contributed by atoms with Gasteiger partial charge in [0.2, 0.25) is 0 Å². The number of aliphatic hydroxyl groups is 1. The molecular weight excluding hydrogens is 238 g/mol. The summed E-state index contributed by atoms with van der Waals surface area (Å²) in [5.41, 5.74) is -4.67. The van der Waals surface area contributed by atoms with Crippen LogP contribution in [0.4, 0.5) is 26.3 Å². The molecule has 0 aliphatic heterocycles. The molecule has 16 heavy (non-hydrogen) atoms. The Morgan fingerprint density at radius 2 is 1.44 bits per heavy atom. The summed E-state index contributed by atoms with van der Waals surface area (Å²) in [5.74, 6) is -5.16. The highest BCUT2D eigenvalue weighted by Gasteiger charge is 2.70. The van der Waals surface area contributed by atoms with E-state index in [4.69, 9.17) is 5.11 Å². The first kappa shape index (κ1) is 15.5. The number of alkyl halides is 6. The fraction of sp³-hybridized carbons (Fsp3) is 1.00. The fourth-order valence-corrected chi connectivity index (χ4v) is 1.14. The Labute approximate surface area is 89.4 Å². The SMILES string of the molecule is CC(C)CCC(F)(C(F)(F)F)C(F)(F)CO. The Hall–Kier alpha value is -0.460. The lowest BCUT2D eigenvalue weighted by Crippen LogP contribution is -2.57. The van der Waals surface area contributed by atoms with E-state index in [9.17, 15) is 26.3 Å². The fourth-order valence-electron chi connectivity index (χ4n) is 1.14.